The summed E-state index contributed by atoms with van der Waals surface area (Å²) in [7, 11) is 0. The first kappa shape index (κ1) is 19.2. The molecule has 0 radical (unpaired) electrons. The second kappa shape index (κ2) is 8.80. The number of alkyl halides is 3. The number of aliphatic hydroxyl groups excluding tert-OH is 1. The maximum Gasteiger partial charge on any atom is 0.418 e. The molecule has 1 atom stereocenters. The van der Waals surface area contributed by atoms with E-state index >= 15 is 0 Å². The Balaban J connectivity index is 1.95. The average molecular weight is 354 g/mol. The SMILES string of the molecule is CCCCCCOc1ccc(-c2ncc(C(O)C(F)(F)F)cn2)cc1. The lowest BCUT2D eigenvalue weighted by molar-refractivity contribution is -0.206. The van der Waals surface area contributed by atoms with Crippen molar-refractivity contribution in [1.29, 1.82) is 0 Å². The molecule has 25 heavy (non-hydrogen) atoms. The van der Waals surface area contributed by atoms with Gasteiger partial charge in [-0.1, -0.05) is 26.2 Å². The van der Waals surface area contributed by atoms with Gasteiger partial charge in [0.25, 0.3) is 0 Å². The fourth-order valence-corrected chi connectivity index (χ4v) is 2.24. The van der Waals surface area contributed by atoms with Crippen LogP contribution in [-0.2, 0) is 0 Å². The molecule has 0 amide bonds. The van der Waals surface area contributed by atoms with Crippen LogP contribution in [0.25, 0.3) is 11.4 Å². The minimum atomic E-state index is -4.74. The van der Waals surface area contributed by atoms with Gasteiger partial charge < -0.3 is 9.84 Å². The molecule has 136 valence electrons. The van der Waals surface area contributed by atoms with Crippen LogP contribution in [0.2, 0.25) is 0 Å². The molecule has 1 aromatic carbocycles. The van der Waals surface area contributed by atoms with Gasteiger partial charge in [0.15, 0.2) is 11.9 Å². The van der Waals surface area contributed by atoms with Gasteiger partial charge in [-0.25, -0.2) is 9.97 Å². The van der Waals surface area contributed by atoms with E-state index < -0.39 is 12.3 Å². The summed E-state index contributed by atoms with van der Waals surface area (Å²) in [5.74, 6) is 1.01. The van der Waals surface area contributed by atoms with Crippen molar-refractivity contribution in [2.45, 2.75) is 44.9 Å². The number of ether oxygens (including phenoxy) is 1. The third kappa shape index (κ3) is 5.70. The minimum absolute atomic E-state index is 0.285. The third-order valence-corrected chi connectivity index (χ3v) is 3.68. The summed E-state index contributed by atoms with van der Waals surface area (Å²) in [6.07, 6.45) is -0.838. The van der Waals surface area contributed by atoms with Crippen molar-refractivity contribution in [3.63, 3.8) is 0 Å². The molecule has 7 heteroatoms. The van der Waals surface area contributed by atoms with Gasteiger partial charge in [0.1, 0.15) is 5.75 Å². The van der Waals surface area contributed by atoms with Crippen LogP contribution in [0.3, 0.4) is 0 Å². The number of hydrogen-bond acceptors (Lipinski definition) is 4. The maximum absolute atomic E-state index is 12.5. The van der Waals surface area contributed by atoms with Gasteiger partial charge in [-0.15, -0.1) is 0 Å². The summed E-state index contributed by atoms with van der Waals surface area (Å²) in [4.78, 5) is 7.79. The van der Waals surface area contributed by atoms with Crippen molar-refractivity contribution < 1.29 is 23.0 Å². The van der Waals surface area contributed by atoms with Crippen LogP contribution in [0.4, 0.5) is 13.2 Å². The van der Waals surface area contributed by atoms with Crippen molar-refractivity contribution in [3.05, 3.63) is 42.2 Å². The summed E-state index contributed by atoms with van der Waals surface area (Å²) in [5.41, 5.74) is 0.273. The molecule has 2 aromatic rings. The Morgan fingerprint density at radius 3 is 2.24 bits per heavy atom. The predicted octanol–water partition coefficient (Wildman–Crippen LogP) is 4.70. The summed E-state index contributed by atoms with van der Waals surface area (Å²) in [5, 5.41) is 9.17. The first-order valence-electron chi connectivity index (χ1n) is 8.21. The van der Waals surface area contributed by atoms with Gasteiger partial charge >= 0.3 is 6.18 Å². The largest absolute Gasteiger partial charge is 0.494 e. The van der Waals surface area contributed by atoms with Crippen LogP contribution in [0.5, 0.6) is 5.75 Å². The van der Waals surface area contributed by atoms with E-state index in [0.717, 1.165) is 31.0 Å². The van der Waals surface area contributed by atoms with E-state index in [1.807, 2.05) is 0 Å². The van der Waals surface area contributed by atoms with E-state index in [1.54, 1.807) is 24.3 Å². The zero-order valence-corrected chi connectivity index (χ0v) is 14.0. The minimum Gasteiger partial charge on any atom is -0.494 e. The lowest BCUT2D eigenvalue weighted by Gasteiger charge is -2.14. The standard InChI is InChI=1S/C18H21F3N2O2/c1-2-3-4-5-10-25-15-8-6-13(7-9-15)17-22-11-14(12-23-17)16(24)18(19,20)21/h6-9,11-12,16,24H,2-5,10H2,1H3. The molecule has 0 fully saturated rings. The molecule has 1 N–H and O–H groups in total. The summed E-state index contributed by atoms with van der Waals surface area (Å²) in [6, 6.07) is 7.04. The normalized spacial score (nSPS) is 12.8. The van der Waals surface area contributed by atoms with E-state index in [1.165, 1.54) is 12.8 Å². The highest BCUT2D eigenvalue weighted by atomic mass is 19.4. The van der Waals surface area contributed by atoms with Crippen LogP contribution in [0.15, 0.2) is 36.7 Å². The first-order chi connectivity index (χ1) is 11.9. The van der Waals surface area contributed by atoms with E-state index in [-0.39, 0.29) is 11.4 Å². The van der Waals surface area contributed by atoms with Crippen LogP contribution < -0.4 is 4.74 Å². The number of nitrogens with zero attached hydrogens (tertiary/aromatic N) is 2. The molecule has 0 saturated heterocycles. The summed E-state index contributed by atoms with van der Waals surface area (Å²) < 4.78 is 43.0. The number of hydrogen-bond donors (Lipinski definition) is 1. The predicted molar refractivity (Wildman–Crippen MR) is 88.1 cm³/mol. The zero-order valence-electron chi connectivity index (χ0n) is 14.0. The molecular formula is C18H21F3N2O2. The second-order valence-electron chi connectivity index (χ2n) is 5.72. The molecule has 1 unspecified atom stereocenters. The molecule has 0 bridgehead atoms. The molecule has 0 aliphatic carbocycles. The average Bonchev–Trinajstić information content (AvgIpc) is 2.61. The fraction of sp³-hybridized carbons (Fsp3) is 0.444. The van der Waals surface area contributed by atoms with Crippen molar-refractivity contribution in [3.8, 4) is 17.1 Å². The number of aromatic nitrogens is 2. The van der Waals surface area contributed by atoms with Gasteiger partial charge in [-0.2, -0.15) is 13.2 Å². The Hall–Kier alpha value is -2.15. The Morgan fingerprint density at radius 2 is 1.68 bits per heavy atom. The smallest absolute Gasteiger partial charge is 0.418 e. The Labute approximate surface area is 144 Å². The van der Waals surface area contributed by atoms with Gasteiger partial charge in [-0.05, 0) is 30.7 Å². The molecule has 0 aliphatic heterocycles. The number of rotatable bonds is 8. The Morgan fingerprint density at radius 1 is 1.04 bits per heavy atom. The molecule has 0 saturated carbocycles. The molecular weight excluding hydrogens is 333 g/mol. The van der Waals surface area contributed by atoms with Crippen LogP contribution in [-0.4, -0.2) is 27.9 Å². The highest BCUT2D eigenvalue weighted by molar-refractivity contribution is 5.55. The lowest BCUT2D eigenvalue weighted by Crippen LogP contribution is -2.20. The van der Waals surface area contributed by atoms with Crippen molar-refractivity contribution >= 4 is 0 Å². The van der Waals surface area contributed by atoms with Crippen LogP contribution in [0, 0.1) is 0 Å². The Bertz CT molecular complexity index is 643. The van der Waals surface area contributed by atoms with E-state index in [0.29, 0.717) is 12.2 Å². The quantitative estimate of drug-likeness (QED) is 0.698. The lowest BCUT2D eigenvalue weighted by atomic mass is 10.1. The van der Waals surface area contributed by atoms with Crippen LogP contribution >= 0.6 is 0 Å². The molecule has 4 nitrogen and oxygen atoms in total. The Kier molecular flexibility index (Phi) is 6.75. The topological polar surface area (TPSA) is 55.2 Å². The van der Waals surface area contributed by atoms with Gasteiger partial charge in [-0.3, -0.25) is 0 Å². The summed E-state index contributed by atoms with van der Waals surface area (Å²) in [6.45, 7) is 2.80. The number of aliphatic hydroxyl groups is 1. The van der Waals surface area contributed by atoms with E-state index in [9.17, 15) is 13.2 Å². The van der Waals surface area contributed by atoms with Crippen LogP contribution in [0.1, 0.15) is 44.3 Å². The highest BCUT2D eigenvalue weighted by Crippen LogP contribution is 2.32. The highest BCUT2D eigenvalue weighted by Gasteiger charge is 2.39. The fourth-order valence-electron chi connectivity index (χ4n) is 2.24. The molecule has 1 aromatic heterocycles. The maximum atomic E-state index is 12.5. The number of unbranched alkanes of at least 4 members (excludes halogenated alkanes) is 3. The molecule has 0 spiro atoms. The number of benzene rings is 1. The molecule has 1 heterocycles. The van der Waals surface area contributed by atoms with E-state index in [2.05, 4.69) is 16.9 Å². The second-order valence-corrected chi connectivity index (χ2v) is 5.72. The molecule has 2 rings (SSSR count). The van der Waals surface area contributed by atoms with E-state index in [4.69, 9.17) is 9.84 Å². The van der Waals surface area contributed by atoms with Crippen molar-refractivity contribution in [2.75, 3.05) is 6.61 Å². The third-order valence-electron chi connectivity index (χ3n) is 3.68. The molecule has 0 aliphatic rings. The van der Waals surface area contributed by atoms with Gasteiger partial charge in [0.05, 0.1) is 6.61 Å². The van der Waals surface area contributed by atoms with Crippen molar-refractivity contribution in [1.82, 2.24) is 9.97 Å². The monoisotopic (exact) mass is 354 g/mol. The first-order valence-corrected chi connectivity index (χ1v) is 8.21. The van der Waals surface area contributed by atoms with Crippen molar-refractivity contribution in [2.24, 2.45) is 0 Å². The zero-order chi connectivity index (χ0) is 18.3. The van der Waals surface area contributed by atoms with Gasteiger partial charge in [0.2, 0.25) is 0 Å². The summed E-state index contributed by atoms with van der Waals surface area (Å²) >= 11 is 0. The van der Waals surface area contributed by atoms with Gasteiger partial charge in [0, 0.05) is 23.5 Å². The number of halogens is 3.